The average molecular weight is 362 g/mol. The number of anilines is 2. The Morgan fingerprint density at radius 2 is 2.00 bits per heavy atom. The number of carbonyl (C=O) groups is 1. The number of hydrogen-bond donors (Lipinski definition) is 1. The summed E-state index contributed by atoms with van der Waals surface area (Å²) in [5, 5.41) is 1.03. The van der Waals surface area contributed by atoms with Gasteiger partial charge in [0.2, 0.25) is 0 Å². The maximum Gasteiger partial charge on any atom is 0.350 e. The van der Waals surface area contributed by atoms with Gasteiger partial charge in [-0.1, -0.05) is 11.3 Å². The first-order chi connectivity index (χ1) is 12.2. The van der Waals surface area contributed by atoms with Crippen LogP contribution in [0.2, 0.25) is 0 Å². The molecule has 0 spiro atoms. The van der Waals surface area contributed by atoms with Crippen LogP contribution in [0.3, 0.4) is 0 Å². The number of ether oxygens (including phenoxy) is 2. The monoisotopic (exact) mass is 362 g/mol. The first-order valence-electron chi connectivity index (χ1n) is 8.99. The number of nitrogen functional groups attached to an aromatic ring is 1. The quantitative estimate of drug-likeness (QED) is 0.847. The lowest BCUT2D eigenvalue weighted by Crippen LogP contribution is -2.40. The number of thiophene rings is 1. The molecule has 1 aliphatic carbocycles. The Morgan fingerprint density at radius 3 is 2.72 bits per heavy atom. The van der Waals surface area contributed by atoms with Crippen LogP contribution in [0.1, 0.15) is 40.6 Å². The van der Waals surface area contributed by atoms with E-state index >= 15 is 0 Å². The highest BCUT2D eigenvalue weighted by molar-refractivity contribution is 7.20. The lowest BCUT2D eigenvalue weighted by molar-refractivity contribution is -0.328. The van der Waals surface area contributed by atoms with Gasteiger partial charge < -0.3 is 15.2 Å². The maximum atomic E-state index is 12.3. The van der Waals surface area contributed by atoms with Gasteiger partial charge in [-0.2, -0.15) is 0 Å². The molecule has 0 atom stereocenters. The van der Waals surface area contributed by atoms with Crippen molar-refractivity contribution in [2.75, 3.05) is 43.5 Å². The highest BCUT2D eigenvalue weighted by atomic mass is 32.1. The second-order valence-electron chi connectivity index (χ2n) is 6.51. The number of fused-ring (bicyclic) bond motifs is 3. The molecule has 0 saturated carbocycles. The van der Waals surface area contributed by atoms with Crippen LogP contribution in [-0.4, -0.2) is 38.9 Å². The third-order valence-corrected chi connectivity index (χ3v) is 6.12. The van der Waals surface area contributed by atoms with E-state index in [1.54, 1.807) is 0 Å². The van der Waals surface area contributed by atoms with Crippen LogP contribution >= 0.6 is 11.3 Å². The number of nitrogens with zero attached hydrogens (tertiary/aromatic N) is 1. The number of morpholine rings is 1. The molecule has 0 radical (unpaired) electrons. The van der Waals surface area contributed by atoms with Crippen molar-refractivity contribution >= 4 is 39.0 Å². The molecule has 4 rings (SSSR count). The van der Waals surface area contributed by atoms with Crippen molar-refractivity contribution in [3.63, 3.8) is 0 Å². The molecule has 134 valence electrons. The molecule has 0 amide bonds. The molecule has 0 bridgehead atoms. The largest absolute Gasteiger partial charge is 0.462 e. The van der Waals surface area contributed by atoms with E-state index in [-0.39, 0.29) is 5.97 Å². The summed E-state index contributed by atoms with van der Waals surface area (Å²) in [6, 6.07) is 0. The molecule has 0 aromatic carbocycles. The van der Waals surface area contributed by atoms with Crippen molar-refractivity contribution in [2.24, 2.45) is 0 Å². The number of aryl methyl sites for hydroxylation is 1. The SMILES string of the molecule is CCOC(=O)c1sc2[nH+]c(N3CCOCC3)c3c(c2c1N)CCCC3. The molecule has 1 aliphatic heterocycles. The molecule has 2 aliphatic rings. The molecule has 3 N–H and O–H groups in total. The smallest absolute Gasteiger partial charge is 0.350 e. The van der Waals surface area contributed by atoms with E-state index in [9.17, 15) is 4.79 Å². The summed E-state index contributed by atoms with van der Waals surface area (Å²) in [7, 11) is 0. The van der Waals surface area contributed by atoms with Crippen LogP contribution in [-0.2, 0) is 22.3 Å². The molecule has 1 fully saturated rings. The number of nitrogens with two attached hydrogens (primary N) is 1. The van der Waals surface area contributed by atoms with E-state index in [0.29, 0.717) is 17.2 Å². The van der Waals surface area contributed by atoms with E-state index in [2.05, 4.69) is 9.88 Å². The van der Waals surface area contributed by atoms with Gasteiger partial charge in [-0.05, 0) is 38.2 Å². The summed E-state index contributed by atoms with van der Waals surface area (Å²) in [6.45, 7) is 5.45. The van der Waals surface area contributed by atoms with E-state index in [1.807, 2.05) is 6.92 Å². The number of esters is 1. The van der Waals surface area contributed by atoms with Gasteiger partial charge in [0.05, 0.1) is 30.9 Å². The Labute approximate surface area is 150 Å². The summed E-state index contributed by atoms with van der Waals surface area (Å²) >= 11 is 1.41. The van der Waals surface area contributed by atoms with Crippen molar-refractivity contribution < 1.29 is 19.3 Å². The van der Waals surface area contributed by atoms with Crippen molar-refractivity contribution in [2.45, 2.75) is 32.6 Å². The highest BCUT2D eigenvalue weighted by Crippen LogP contribution is 2.40. The number of rotatable bonds is 3. The minimum absolute atomic E-state index is 0.327. The Hall–Kier alpha value is -1.86. The number of carbonyl (C=O) groups excluding carboxylic acids is 1. The zero-order chi connectivity index (χ0) is 17.4. The van der Waals surface area contributed by atoms with Gasteiger partial charge in [0.15, 0.2) is 4.83 Å². The predicted molar refractivity (Wildman–Crippen MR) is 98.4 cm³/mol. The minimum atomic E-state index is -0.327. The average Bonchev–Trinajstić information content (AvgIpc) is 2.99. The van der Waals surface area contributed by atoms with Crippen molar-refractivity contribution in [3.8, 4) is 0 Å². The summed E-state index contributed by atoms with van der Waals surface area (Å²) in [5.41, 5.74) is 9.62. The number of hydrogen-bond acceptors (Lipinski definition) is 6. The van der Waals surface area contributed by atoms with Crippen LogP contribution in [0.4, 0.5) is 11.5 Å². The van der Waals surface area contributed by atoms with Crippen LogP contribution < -0.4 is 15.6 Å². The molecule has 3 heterocycles. The van der Waals surface area contributed by atoms with Gasteiger partial charge in [0.1, 0.15) is 18.0 Å². The van der Waals surface area contributed by atoms with Crippen LogP contribution in [0.5, 0.6) is 0 Å². The summed E-state index contributed by atoms with van der Waals surface area (Å²) in [6.07, 6.45) is 4.43. The lowest BCUT2D eigenvalue weighted by Gasteiger charge is -2.26. The fourth-order valence-electron chi connectivity index (χ4n) is 3.86. The zero-order valence-corrected chi connectivity index (χ0v) is 15.3. The Balaban J connectivity index is 1.88. The Kier molecular flexibility index (Phi) is 4.52. The minimum Gasteiger partial charge on any atom is -0.462 e. The van der Waals surface area contributed by atoms with Gasteiger partial charge in [0, 0.05) is 5.56 Å². The number of nitrogens with one attached hydrogen (secondary N) is 1. The topological polar surface area (TPSA) is 78.9 Å². The van der Waals surface area contributed by atoms with Crippen LogP contribution in [0.25, 0.3) is 10.2 Å². The molecule has 25 heavy (non-hydrogen) atoms. The number of aromatic nitrogens is 1. The molecular formula is C18H24N3O3S+. The maximum absolute atomic E-state index is 12.3. The summed E-state index contributed by atoms with van der Waals surface area (Å²) < 4.78 is 10.7. The van der Waals surface area contributed by atoms with Gasteiger partial charge in [-0.25, -0.2) is 9.78 Å². The first kappa shape index (κ1) is 16.6. The molecule has 1 saturated heterocycles. The first-order valence-corrected chi connectivity index (χ1v) is 9.81. The van der Waals surface area contributed by atoms with Crippen LogP contribution in [0.15, 0.2) is 0 Å². The van der Waals surface area contributed by atoms with Crippen molar-refractivity contribution in [1.29, 1.82) is 0 Å². The van der Waals surface area contributed by atoms with Gasteiger partial charge in [0.25, 0.3) is 5.82 Å². The Bertz CT molecular complexity index is 812. The van der Waals surface area contributed by atoms with E-state index in [0.717, 1.165) is 49.4 Å². The molecule has 0 unspecified atom stereocenters. The number of aromatic amines is 1. The molecule has 7 heteroatoms. The highest BCUT2D eigenvalue weighted by Gasteiger charge is 2.31. The predicted octanol–water partition coefficient (Wildman–Crippen LogP) is 2.19. The number of H-pyrrole nitrogens is 1. The van der Waals surface area contributed by atoms with Gasteiger partial charge in [-0.15, -0.1) is 0 Å². The zero-order valence-electron chi connectivity index (χ0n) is 14.5. The molecule has 6 nitrogen and oxygen atoms in total. The second-order valence-corrected chi connectivity index (χ2v) is 7.53. The fraction of sp³-hybridized carbons (Fsp3) is 0.556. The van der Waals surface area contributed by atoms with Crippen molar-refractivity contribution in [3.05, 3.63) is 16.0 Å². The second kappa shape index (κ2) is 6.80. The van der Waals surface area contributed by atoms with E-state index in [1.165, 1.54) is 41.1 Å². The normalized spacial score (nSPS) is 17.6. The summed E-state index contributed by atoms with van der Waals surface area (Å²) in [4.78, 5) is 19.7. The molecule has 2 aromatic heterocycles. The molecular weight excluding hydrogens is 338 g/mol. The third kappa shape index (κ3) is 2.85. The van der Waals surface area contributed by atoms with Gasteiger partial charge >= 0.3 is 5.97 Å². The Morgan fingerprint density at radius 1 is 1.28 bits per heavy atom. The van der Waals surface area contributed by atoms with E-state index in [4.69, 9.17) is 15.2 Å². The van der Waals surface area contributed by atoms with Crippen molar-refractivity contribution in [1.82, 2.24) is 0 Å². The van der Waals surface area contributed by atoms with Crippen LogP contribution in [0, 0.1) is 0 Å². The molecule has 2 aromatic rings. The van der Waals surface area contributed by atoms with Gasteiger partial charge in [-0.3, -0.25) is 4.90 Å². The van der Waals surface area contributed by atoms with E-state index < -0.39 is 0 Å². The standard InChI is InChI=1S/C18H23N3O3S/c1-2-24-18(22)15-14(19)13-11-5-3-4-6-12(11)16(20-17(13)25-15)21-7-9-23-10-8-21/h2-10,19H2,1H3/p+1. The lowest BCUT2D eigenvalue weighted by atomic mass is 9.89. The third-order valence-electron chi connectivity index (χ3n) is 5.02. The number of pyridine rings is 1. The summed E-state index contributed by atoms with van der Waals surface area (Å²) in [5.74, 6) is 0.856. The fourth-order valence-corrected chi connectivity index (χ4v) is 4.90.